The van der Waals surface area contributed by atoms with Crippen LogP contribution in [0.5, 0.6) is 0 Å². The van der Waals surface area contributed by atoms with Gasteiger partial charge in [-0.1, -0.05) is 60.7 Å². The fourth-order valence-corrected chi connectivity index (χ4v) is 3.20. The Labute approximate surface area is 170 Å². The highest BCUT2D eigenvalue weighted by Crippen LogP contribution is 2.32. The number of carbonyl (C=O) groups excluding carboxylic acids is 1. The summed E-state index contributed by atoms with van der Waals surface area (Å²) in [5, 5.41) is 4.79. The molecule has 30 heavy (non-hydrogen) atoms. The second kappa shape index (κ2) is 7.87. The maximum absolute atomic E-state index is 12.8. The number of alkyl halides is 3. The Bertz CT molecular complexity index is 1210. The van der Waals surface area contributed by atoms with Crippen LogP contribution in [0.25, 0.3) is 22.0 Å². The zero-order valence-corrected chi connectivity index (χ0v) is 15.6. The topological polar surface area (TPSA) is 57.2 Å². The number of para-hydroxylation sites is 1. The van der Waals surface area contributed by atoms with Gasteiger partial charge in [-0.3, -0.25) is 4.79 Å². The van der Waals surface area contributed by atoms with E-state index in [0.29, 0.717) is 11.3 Å². The SMILES string of the molecule is O=C(NN=Cc1ccc(C(F)(F)F)cc1)c1[nH]c2ccccc2c1-c1ccccc1. The molecule has 1 aromatic heterocycles. The molecule has 0 atom stereocenters. The van der Waals surface area contributed by atoms with Crippen LogP contribution in [0.4, 0.5) is 13.2 Å². The predicted molar refractivity (Wildman–Crippen MR) is 110 cm³/mol. The zero-order chi connectivity index (χ0) is 21.1. The Kier molecular flexibility index (Phi) is 5.10. The summed E-state index contributed by atoms with van der Waals surface area (Å²) in [5.74, 6) is -0.451. The summed E-state index contributed by atoms with van der Waals surface area (Å²) in [5.41, 5.74) is 4.94. The lowest BCUT2D eigenvalue weighted by Gasteiger charge is -2.06. The molecule has 1 amide bonds. The van der Waals surface area contributed by atoms with Crippen molar-refractivity contribution in [1.29, 1.82) is 0 Å². The predicted octanol–water partition coefficient (Wildman–Crippen LogP) is 5.62. The van der Waals surface area contributed by atoms with Crippen LogP contribution >= 0.6 is 0 Å². The summed E-state index contributed by atoms with van der Waals surface area (Å²) in [7, 11) is 0. The maximum Gasteiger partial charge on any atom is 0.416 e. The smallest absolute Gasteiger partial charge is 0.350 e. The number of aromatic amines is 1. The highest BCUT2D eigenvalue weighted by Gasteiger charge is 2.29. The number of halogens is 3. The lowest BCUT2D eigenvalue weighted by atomic mass is 10.0. The number of amides is 1. The fourth-order valence-electron chi connectivity index (χ4n) is 3.20. The van der Waals surface area contributed by atoms with Gasteiger partial charge in [0.2, 0.25) is 0 Å². The van der Waals surface area contributed by atoms with Crippen LogP contribution < -0.4 is 5.43 Å². The van der Waals surface area contributed by atoms with Crippen molar-refractivity contribution in [3.8, 4) is 11.1 Å². The van der Waals surface area contributed by atoms with Gasteiger partial charge in [0.15, 0.2) is 0 Å². The molecule has 0 fully saturated rings. The van der Waals surface area contributed by atoms with E-state index < -0.39 is 17.6 Å². The molecular formula is C23H16F3N3O. The number of hydrogen-bond donors (Lipinski definition) is 2. The molecule has 0 saturated heterocycles. The Hall–Kier alpha value is -3.87. The number of hydrazone groups is 1. The molecular weight excluding hydrogens is 391 g/mol. The first kappa shape index (κ1) is 19.4. The number of H-pyrrole nitrogens is 1. The van der Waals surface area contributed by atoms with Gasteiger partial charge in [0.05, 0.1) is 11.8 Å². The monoisotopic (exact) mass is 407 g/mol. The van der Waals surface area contributed by atoms with Crippen molar-refractivity contribution in [3.05, 3.63) is 95.7 Å². The van der Waals surface area contributed by atoms with Crippen LogP contribution in [0.1, 0.15) is 21.6 Å². The minimum Gasteiger partial charge on any atom is -0.350 e. The molecule has 4 nitrogen and oxygen atoms in total. The first-order chi connectivity index (χ1) is 14.4. The Morgan fingerprint density at radius 1 is 0.900 bits per heavy atom. The van der Waals surface area contributed by atoms with Crippen LogP contribution in [0.2, 0.25) is 0 Å². The summed E-state index contributed by atoms with van der Waals surface area (Å²) in [4.78, 5) is 15.9. The third kappa shape index (κ3) is 3.96. The van der Waals surface area contributed by atoms with Crippen LogP contribution in [-0.4, -0.2) is 17.1 Å². The molecule has 0 spiro atoms. The number of rotatable bonds is 4. The molecule has 1 heterocycles. The van der Waals surface area contributed by atoms with Gasteiger partial charge in [-0.05, 0) is 29.3 Å². The quantitative estimate of drug-likeness (QED) is 0.335. The van der Waals surface area contributed by atoms with Gasteiger partial charge >= 0.3 is 6.18 Å². The van der Waals surface area contributed by atoms with Crippen molar-refractivity contribution in [3.63, 3.8) is 0 Å². The molecule has 0 radical (unpaired) electrons. The summed E-state index contributed by atoms with van der Waals surface area (Å²) in [6.45, 7) is 0. The summed E-state index contributed by atoms with van der Waals surface area (Å²) >= 11 is 0. The molecule has 0 aliphatic carbocycles. The van der Waals surface area contributed by atoms with Crippen LogP contribution in [0.15, 0.2) is 84.0 Å². The third-order valence-corrected chi connectivity index (χ3v) is 4.61. The first-order valence-corrected chi connectivity index (χ1v) is 9.10. The normalized spacial score (nSPS) is 11.8. The minimum atomic E-state index is -4.40. The molecule has 3 aromatic carbocycles. The van der Waals surface area contributed by atoms with Crippen molar-refractivity contribution in [1.82, 2.24) is 10.4 Å². The van der Waals surface area contributed by atoms with E-state index in [2.05, 4.69) is 15.5 Å². The van der Waals surface area contributed by atoms with Gasteiger partial charge in [-0.2, -0.15) is 18.3 Å². The van der Waals surface area contributed by atoms with Gasteiger partial charge in [0.1, 0.15) is 5.69 Å². The highest BCUT2D eigenvalue weighted by molar-refractivity contribution is 6.09. The van der Waals surface area contributed by atoms with E-state index in [1.807, 2.05) is 54.6 Å². The van der Waals surface area contributed by atoms with Crippen molar-refractivity contribution in [2.75, 3.05) is 0 Å². The van der Waals surface area contributed by atoms with E-state index in [0.717, 1.165) is 34.2 Å². The van der Waals surface area contributed by atoms with Crippen molar-refractivity contribution < 1.29 is 18.0 Å². The van der Waals surface area contributed by atoms with Gasteiger partial charge in [-0.25, -0.2) is 5.43 Å². The number of aromatic nitrogens is 1. The molecule has 4 rings (SSSR count). The Balaban J connectivity index is 1.59. The molecule has 0 saturated carbocycles. The molecule has 150 valence electrons. The highest BCUT2D eigenvalue weighted by atomic mass is 19.4. The van der Waals surface area contributed by atoms with E-state index >= 15 is 0 Å². The molecule has 0 aliphatic rings. The fraction of sp³-hybridized carbons (Fsp3) is 0.0435. The number of fused-ring (bicyclic) bond motifs is 1. The van der Waals surface area contributed by atoms with E-state index in [9.17, 15) is 18.0 Å². The van der Waals surface area contributed by atoms with Crippen LogP contribution in [0, 0.1) is 0 Å². The largest absolute Gasteiger partial charge is 0.416 e. The summed E-state index contributed by atoms with van der Waals surface area (Å²) in [6.07, 6.45) is -3.10. The Morgan fingerprint density at radius 2 is 1.57 bits per heavy atom. The van der Waals surface area contributed by atoms with E-state index in [1.165, 1.54) is 18.3 Å². The maximum atomic E-state index is 12.8. The van der Waals surface area contributed by atoms with E-state index in [4.69, 9.17) is 0 Å². The molecule has 4 aromatic rings. The van der Waals surface area contributed by atoms with E-state index in [1.54, 1.807) is 0 Å². The Morgan fingerprint density at radius 3 is 2.27 bits per heavy atom. The van der Waals surface area contributed by atoms with Gasteiger partial charge in [0, 0.05) is 16.5 Å². The number of hydrogen-bond acceptors (Lipinski definition) is 2. The van der Waals surface area contributed by atoms with Crippen molar-refractivity contribution >= 4 is 23.0 Å². The number of benzene rings is 3. The molecule has 7 heteroatoms. The van der Waals surface area contributed by atoms with Crippen molar-refractivity contribution in [2.24, 2.45) is 5.10 Å². The second-order valence-corrected chi connectivity index (χ2v) is 6.61. The van der Waals surface area contributed by atoms with Crippen LogP contribution in [-0.2, 0) is 6.18 Å². The lowest BCUT2D eigenvalue weighted by Crippen LogP contribution is -2.18. The second-order valence-electron chi connectivity index (χ2n) is 6.61. The first-order valence-electron chi connectivity index (χ1n) is 9.10. The number of nitrogens with one attached hydrogen (secondary N) is 2. The summed E-state index contributed by atoms with van der Waals surface area (Å²) < 4.78 is 37.9. The molecule has 0 bridgehead atoms. The van der Waals surface area contributed by atoms with Gasteiger partial charge < -0.3 is 4.98 Å². The van der Waals surface area contributed by atoms with Gasteiger partial charge in [0.25, 0.3) is 5.91 Å². The minimum absolute atomic E-state index is 0.354. The molecule has 2 N–H and O–H groups in total. The zero-order valence-electron chi connectivity index (χ0n) is 15.6. The average Bonchev–Trinajstić information content (AvgIpc) is 3.14. The number of nitrogens with zero attached hydrogens (tertiary/aromatic N) is 1. The lowest BCUT2D eigenvalue weighted by molar-refractivity contribution is -0.137. The van der Waals surface area contributed by atoms with Crippen molar-refractivity contribution in [2.45, 2.75) is 6.18 Å². The van der Waals surface area contributed by atoms with E-state index in [-0.39, 0.29) is 0 Å². The number of carbonyl (C=O) groups is 1. The molecule has 0 unspecified atom stereocenters. The average molecular weight is 407 g/mol. The molecule has 0 aliphatic heterocycles. The summed E-state index contributed by atoms with van der Waals surface area (Å²) in [6, 6.07) is 21.6. The standard InChI is InChI=1S/C23H16F3N3O/c24-23(25,26)17-12-10-15(11-13-17)14-27-29-22(30)21-20(16-6-2-1-3-7-16)18-8-4-5-9-19(18)28-21/h1-14,28H,(H,29,30). The van der Waals surface area contributed by atoms with Gasteiger partial charge in [-0.15, -0.1) is 0 Å². The third-order valence-electron chi connectivity index (χ3n) is 4.61. The van der Waals surface area contributed by atoms with Crippen LogP contribution in [0.3, 0.4) is 0 Å².